The molecule has 0 radical (unpaired) electrons. The van der Waals surface area contributed by atoms with Gasteiger partial charge in [0.25, 0.3) is 5.91 Å². The van der Waals surface area contributed by atoms with E-state index in [2.05, 4.69) is 10.3 Å². The van der Waals surface area contributed by atoms with Gasteiger partial charge in [0.2, 0.25) is 0 Å². The van der Waals surface area contributed by atoms with E-state index in [1.165, 1.54) is 19.2 Å². The maximum absolute atomic E-state index is 12.0. The van der Waals surface area contributed by atoms with E-state index in [9.17, 15) is 9.59 Å². The fourth-order valence-electron chi connectivity index (χ4n) is 1.84. The number of amides is 1. The molecule has 1 aromatic carbocycles. The summed E-state index contributed by atoms with van der Waals surface area (Å²) in [5, 5.41) is 3.10. The lowest BCUT2D eigenvalue weighted by Gasteiger charge is -2.13. The van der Waals surface area contributed by atoms with Crippen LogP contribution in [0.3, 0.4) is 0 Å². The van der Waals surface area contributed by atoms with Crippen molar-refractivity contribution in [3.05, 3.63) is 52.8 Å². The second-order valence-corrected chi connectivity index (χ2v) is 5.28. The van der Waals surface area contributed by atoms with Gasteiger partial charge >= 0.3 is 5.97 Å². The van der Waals surface area contributed by atoms with Gasteiger partial charge in [0, 0.05) is 12.7 Å². The normalized spacial score (nSPS) is 11.6. The Labute approximate surface area is 138 Å². The molecule has 2 aromatic rings. The van der Waals surface area contributed by atoms with Crippen LogP contribution in [0, 0.1) is 0 Å². The highest BCUT2D eigenvalue weighted by atomic mass is 35.5. The molecule has 1 amide bonds. The lowest BCUT2D eigenvalue weighted by atomic mass is 10.2. The van der Waals surface area contributed by atoms with Crippen LogP contribution in [0.4, 0.5) is 0 Å². The van der Waals surface area contributed by atoms with Gasteiger partial charge in [-0.3, -0.25) is 4.79 Å². The summed E-state index contributed by atoms with van der Waals surface area (Å²) >= 11 is 5.72. The molecule has 7 heteroatoms. The maximum atomic E-state index is 12.0. The van der Waals surface area contributed by atoms with E-state index < -0.39 is 12.1 Å². The molecule has 1 atom stereocenters. The molecule has 0 aliphatic heterocycles. The van der Waals surface area contributed by atoms with E-state index in [0.717, 1.165) is 11.3 Å². The Morgan fingerprint density at radius 2 is 2.00 bits per heavy atom. The molecule has 0 spiro atoms. The van der Waals surface area contributed by atoms with E-state index in [0.29, 0.717) is 11.6 Å². The van der Waals surface area contributed by atoms with Gasteiger partial charge in [0.15, 0.2) is 6.10 Å². The Hall–Kier alpha value is -2.47. The molecule has 1 heterocycles. The number of rotatable bonds is 6. The number of hydrogen-bond donors (Lipinski definition) is 2. The zero-order valence-electron chi connectivity index (χ0n) is 12.8. The highest BCUT2D eigenvalue weighted by Gasteiger charge is 2.19. The van der Waals surface area contributed by atoms with Crippen molar-refractivity contribution in [3.8, 4) is 5.75 Å². The molecular weight excluding hydrogens is 320 g/mol. The highest BCUT2D eigenvalue weighted by Crippen LogP contribution is 2.12. The highest BCUT2D eigenvalue weighted by molar-refractivity contribution is 6.30. The predicted molar refractivity (Wildman–Crippen MR) is 85.5 cm³/mol. The van der Waals surface area contributed by atoms with E-state index in [1.54, 1.807) is 19.2 Å². The number of carbonyl (C=O) groups excluding carboxylic acids is 2. The molecule has 0 saturated carbocycles. The molecular formula is C16H17ClN2O4. The van der Waals surface area contributed by atoms with Crippen LogP contribution in [0.1, 0.15) is 23.0 Å². The minimum atomic E-state index is -0.914. The monoisotopic (exact) mass is 336 g/mol. The lowest BCUT2D eigenvalue weighted by molar-refractivity contribution is -0.129. The fourth-order valence-corrected chi connectivity index (χ4v) is 2.00. The van der Waals surface area contributed by atoms with Gasteiger partial charge in [-0.15, -0.1) is 0 Å². The number of benzene rings is 1. The summed E-state index contributed by atoms with van der Waals surface area (Å²) in [6.45, 7) is 1.84. The molecule has 0 aliphatic rings. The number of hydrogen-bond acceptors (Lipinski definition) is 4. The minimum absolute atomic E-state index is 0.199. The van der Waals surface area contributed by atoms with Crippen LogP contribution in [-0.2, 0) is 16.1 Å². The summed E-state index contributed by atoms with van der Waals surface area (Å²) in [6.07, 6.45) is 0.551. The van der Waals surface area contributed by atoms with Crippen LogP contribution in [0.5, 0.6) is 5.75 Å². The van der Waals surface area contributed by atoms with E-state index in [4.69, 9.17) is 21.1 Å². The fraction of sp³-hybridized carbons (Fsp3) is 0.250. The third-order valence-corrected chi connectivity index (χ3v) is 3.36. The second kappa shape index (κ2) is 7.69. The molecule has 0 saturated heterocycles. The Bertz CT molecular complexity index is 682. The zero-order valence-corrected chi connectivity index (χ0v) is 13.5. The van der Waals surface area contributed by atoms with E-state index in [-0.39, 0.29) is 11.6 Å². The molecule has 2 rings (SSSR count). The van der Waals surface area contributed by atoms with Crippen molar-refractivity contribution >= 4 is 23.5 Å². The molecule has 0 bridgehead atoms. The SMILES string of the molecule is COc1ccc(CNC(=O)[C@@H](C)OC(=O)c2cc(Cl)c[nH]2)cc1. The summed E-state index contributed by atoms with van der Waals surface area (Å²) in [4.78, 5) is 26.4. The summed E-state index contributed by atoms with van der Waals surface area (Å²) in [5.41, 5.74) is 1.11. The predicted octanol–water partition coefficient (Wildman–Crippen LogP) is 2.54. The van der Waals surface area contributed by atoms with Gasteiger partial charge in [-0.25, -0.2) is 4.79 Å². The number of carbonyl (C=O) groups is 2. The van der Waals surface area contributed by atoms with Crippen LogP contribution in [-0.4, -0.2) is 30.1 Å². The number of nitrogens with one attached hydrogen (secondary N) is 2. The third kappa shape index (κ3) is 4.75. The van der Waals surface area contributed by atoms with Crippen molar-refractivity contribution < 1.29 is 19.1 Å². The topological polar surface area (TPSA) is 80.4 Å². The average molecular weight is 337 g/mol. The van der Waals surface area contributed by atoms with Crippen LogP contribution >= 0.6 is 11.6 Å². The number of ether oxygens (including phenoxy) is 2. The first-order valence-corrected chi connectivity index (χ1v) is 7.33. The maximum Gasteiger partial charge on any atom is 0.355 e. The second-order valence-electron chi connectivity index (χ2n) is 4.84. The van der Waals surface area contributed by atoms with Gasteiger partial charge < -0.3 is 19.8 Å². The minimum Gasteiger partial charge on any atom is -0.497 e. The zero-order chi connectivity index (χ0) is 16.8. The first-order valence-electron chi connectivity index (χ1n) is 6.95. The number of esters is 1. The molecule has 122 valence electrons. The Morgan fingerprint density at radius 3 is 2.57 bits per heavy atom. The summed E-state index contributed by atoms with van der Waals surface area (Å²) in [7, 11) is 1.59. The Kier molecular flexibility index (Phi) is 5.65. The summed E-state index contributed by atoms with van der Waals surface area (Å²) in [6, 6.07) is 8.74. The van der Waals surface area contributed by atoms with Gasteiger partial charge in [-0.05, 0) is 30.7 Å². The summed E-state index contributed by atoms with van der Waals surface area (Å²) < 4.78 is 10.1. The molecule has 0 unspecified atom stereocenters. The van der Waals surface area contributed by atoms with Gasteiger partial charge in [-0.2, -0.15) is 0 Å². The molecule has 0 fully saturated rings. The molecule has 6 nitrogen and oxygen atoms in total. The molecule has 23 heavy (non-hydrogen) atoms. The summed E-state index contributed by atoms with van der Waals surface area (Å²) in [5.74, 6) is -0.275. The first kappa shape index (κ1) is 16.9. The van der Waals surface area contributed by atoms with E-state index >= 15 is 0 Å². The van der Waals surface area contributed by atoms with Crippen molar-refractivity contribution in [1.29, 1.82) is 0 Å². The number of halogens is 1. The van der Waals surface area contributed by atoms with E-state index in [1.807, 2.05) is 12.1 Å². The quantitative estimate of drug-likeness (QED) is 0.794. The van der Waals surface area contributed by atoms with Gasteiger partial charge in [0.1, 0.15) is 11.4 Å². The standard InChI is InChI=1S/C16H17ClN2O4/c1-10(23-16(21)14-7-12(17)9-18-14)15(20)19-8-11-3-5-13(22-2)6-4-11/h3-7,9-10,18H,8H2,1-2H3,(H,19,20)/t10-/m1/s1. The van der Waals surface area contributed by atoms with Crippen LogP contribution in [0.25, 0.3) is 0 Å². The Balaban J connectivity index is 1.83. The van der Waals surface area contributed by atoms with Crippen molar-refractivity contribution in [2.24, 2.45) is 0 Å². The smallest absolute Gasteiger partial charge is 0.355 e. The lowest BCUT2D eigenvalue weighted by Crippen LogP contribution is -2.35. The van der Waals surface area contributed by atoms with Crippen molar-refractivity contribution in [2.45, 2.75) is 19.6 Å². The largest absolute Gasteiger partial charge is 0.497 e. The van der Waals surface area contributed by atoms with Gasteiger partial charge in [-0.1, -0.05) is 23.7 Å². The molecule has 1 aromatic heterocycles. The number of aromatic nitrogens is 1. The number of H-pyrrole nitrogens is 1. The third-order valence-electron chi connectivity index (χ3n) is 3.15. The average Bonchev–Trinajstić information content (AvgIpc) is 2.99. The molecule has 0 aliphatic carbocycles. The molecule has 2 N–H and O–H groups in total. The van der Waals surface area contributed by atoms with Crippen LogP contribution in [0.15, 0.2) is 36.5 Å². The van der Waals surface area contributed by atoms with Crippen LogP contribution in [0.2, 0.25) is 5.02 Å². The van der Waals surface area contributed by atoms with Gasteiger partial charge in [0.05, 0.1) is 12.1 Å². The Morgan fingerprint density at radius 1 is 1.30 bits per heavy atom. The van der Waals surface area contributed by atoms with Crippen molar-refractivity contribution in [1.82, 2.24) is 10.3 Å². The van der Waals surface area contributed by atoms with Crippen molar-refractivity contribution in [2.75, 3.05) is 7.11 Å². The van der Waals surface area contributed by atoms with Crippen molar-refractivity contribution in [3.63, 3.8) is 0 Å². The number of aromatic amines is 1. The van der Waals surface area contributed by atoms with Crippen LogP contribution < -0.4 is 10.1 Å². The first-order chi connectivity index (χ1) is 11.0. The number of methoxy groups -OCH3 is 1.